The van der Waals surface area contributed by atoms with Crippen molar-refractivity contribution in [1.82, 2.24) is 0 Å². The van der Waals surface area contributed by atoms with Crippen LogP contribution in [0.4, 0.5) is 0 Å². The van der Waals surface area contributed by atoms with Crippen LogP contribution in [0.15, 0.2) is 5.16 Å². The summed E-state index contributed by atoms with van der Waals surface area (Å²) in [6.45, 7) is 0. The molecule has 8 aliphatic carbocycles. The quantitative estimate of drug-likeness (QED) is 0.551. The van der Waals surface area contributed by atoms with Crippen molar-refractivity contribution in [1.29, 1.82) is 0 Å². The minimum atomic E-state index is -0.162. The fourth-order valence-electron chi connectivity index (χ4n) is 8.37. The van der Waals surface area contributed by atoms with Gasteiger partial charge in [-0.15, -0.1) is 0 Å². The zero-order valence-electron chi connectivity index (χ0n) is 14.6. The van der Waals surface area contributed by atoms with Crippen molar-refractivity contribution in [2.75, 3.05) is 0 Å². The molecule has 0 radical (unpaired) electrons. The lowest BCUT2D eigenvalue weighted by molar-refractivity contribution is -0.171. The molecule has 3 heteroatoms. The van der Waals surface area contributed by atoms with Gasteiger partial charge in [-0.05, 0) is 100 Å². The van der Waals surface area contributed by atoms with E-state index in [4.69, 9.17) is 4.84 Å². The van der Waals surface area contributed by atoms with Gasteiger partial charge in [0.2, 0.25) is 0 Å². The molecule has 8 bridgehead atoms. The van der Waals surface area contributed by atoms with Crippen molar-refractivity contribution < 1.29 is 9.63 Å². The first kappa shape index (κ1) is 14.3. The predicted octanol–water partition coefficient (Wildman–Crippen LogP) is 4.56. The lowest BCUT2D eigenvalue weighted by Gasteiger charge is -2.54. The molecule has 8 aliphatic rings. The molecular weight excluding hydrogens is 298 g/mol. The van der Waals surface area contributed by atoms with Gasteiger partial charge in [-0.3, -0.25) is 0 Å². The van der Waals surface area contributed by atoms with Crippen molar-refractivity contribution in [2.45, 2.75) is 70.6 Å². The maximum atomic E-state index is 13.0. The molecule has 0 amide bonds. The molecule has 0 unspecified atom stereocenters. The van der Waals surface area contributed by atoms with Gasteiger partial charge in [0.05, 0.1) is 11.1 Å². The monoisotopic (exact) mass is 327 g/mol. The van der Waals surface area contributed by atoms with Crippen LogP contribution >= 0.6 is 0 Å². The molecule has 0 aromatic carbocycles. The Bertz CT molecular complexity index is 542. The molecule has 130 valence electrons. The summed E-state index contributed by atoms with van der Waals surface area (Å²) in [6.07, 6.45) is 14.0. The molecule has 0 saturated heterocycles. The summed E-state index contributed by atoms with van der Waals surface area (Å²) in [5.41, 5.74) is 1.10. The van der Waals surface area contributed by atoms with Crippen molar-refractivity contribution in [2.24, 2.45) is 52.0 Å². The van der Waals surface area contributed by atoms with E-state index in [0.29, 0.717) is 11.8 Å². The first-order valence-corrected chi connectivity index (χ1v) is 10.5. The number of oxime groups is 1. The summed E-state index contributed by atoms with van der Waals surface area (Å²) in [4.78, 5) is 18.7. The molecule has 0 heterocycles. The largest absolute Gasteiger partial charge is 0.341 e. The first-order valence-electron chi connectivity index (χ1n) is 10.5. The number of carbonyl (C=O) groups excluding carboxylic acids is 1. The summed E-state index contributed by atoms with van der Waals surface area (Å²) in [5, 5.41) is 4.55. The van der Waals surface area contributed by atoms with Crippen LogP contribution in [0.1, 0.15) is 70.6 Å². The van der Waals surface area contributed by atoms with Crippen molar-refractivity contribution >= 4 is 11.7 Å². The summed E-state index contributed by atoms with van der Waals surface area (Å²) < 4.78 is 0. The van der Waals surface area contributed by atoms with E-state index in [-0.39, 0.29) is 11.4 Å². The second kappa shape index (κ2) is 4.86. The van der Waals surface area contributed by atoms with E-state index >= 15 is 0 Å². The van der Waals surface area contributed by atoms with Crippen LogP contribution < -0.4 is 0 Å². The molecule has 8 fully saturated rings. The average Bonchev–Trinajstić information content (AvgIpc) is 2.52. The highest BCUT2D eigenvalue weighted by atomic mass is 16.7. The van der Waals surface area contributed by atoms with E-state index in [9.17, 15) is 4.79 Å². The molecule has 8 saturated carbocycles. The summed E-state index contributed by atoms with van der Waals surface area (Å²) in [6, 6.07) is 0. The highest BCUT2D eigenvalue weighted by molar-refractivity contribution is 5.91. The Morgan fingerprint density at radius 1 is 0.750 bits per heavy atom. The van der Waals surface area contributed by atoms with E-state index < -0.39 is 0 Å². The van der Waals surface area contributed by atoms with Gasteiger partial charge in [0.25, 0.3) is 0 Å². The van der Waals surface area contributed by atoms with Crippen molar-refractivity contribution in [3.05, 3.63) is 0 Å². The van der Waals surface area contributed by atoms with Gasteiger partial charge in [-0.1, -0.05) is 5.16 Å². The molecule has 3 nitrogen and oxygen atoms in total. The number of hydrogen-bond donors (Lipinski definition) is 0. The predicted molar refractivity (Wildman–Crippen MR) is 91.2 cm³/mol. The van der Waals surface area contributed by atoms with Crippen LogP contribution in [0.2, 0.25) is 0 Å². The van der Waals surface area contributed by atoms with Gasteiger partial charge < -0.3 is 4.84 Å². The summed E-state index contributed by atoms with van der Waals surface area (Å²) >= 11 is 0. The zero-order valence-corrected chi connectivity index (χ0v) is 14.6. The van der Waals surface area contributed by atoms with Gasteiger partial charge in [0.15, 0.2) is 0 Å². The molecule has 0 spiro atoms. The van der Waals surface area contributed by atoms with Crippen molar-refractivity contribution in [3.8, 4) is 0 Å². The molecule has 0 N–H and O–H groups in total. The van der Waals surface area contributed by atoms with Gasteiger partial charge in [0, 0.05) is 11.8 Å². The highest BCUT2D eigenvalue weighted by Gasteiger charge is 2.56. The van der Waals surface area contributed by atoms with Crippen LogP contribution in [0.5, 0.6) is 0 Å². The Morgan fingerprint density at radius 3 is 1.71 bits per heavy atom. The third-order valence-corrected chi connectivity index (χ3v) is 8.68. The average molecular weight is 327 g/mol. The third kappa shape index (κ3) is 2.02. The SMILES string of the molecule is O=C(ON=C1C2CC3CC(C2)CC1C3)C12CC3CC(CC(C3)C1)C2. The molecular formula is C21H29NO2. The molecule has 24 heavy (non-hydrogen) atoms. The topological polar surface area (TPSA) is 38.7 Å². The Balaban J connectivity index is 1.21. The minimum Gasteiger partial charge on any atom is -0.318 e. The minimum absolute atomic E-state index is 0.0305. The lowest BCUT2D eigenvalue weighted by atomic mass is 9.49. The zero-order chi connectivity index (χ0) is 15.9. The van der Waals surface area contributed by atoms with E-state index in [0.717, 1.165) is 48.9 Å². The Hall–Kier alpha value is -0.860. The standard InChI is InChI=1S/C21H29NO2/c23-20(21-9-14-2-15(10-21)4-16(3-14)11-21)24-22-19-17-5-12-1-13(7-17)8-18(19)6-12/h12-18H,1-11H2. The fraction of sp³-hybridized carbons (Fsp3) is 0.905. The second-order valence-electron chi connectivity index (χ2n) is 10.4. The van der Waals surface area contributed by atoms with Crippen molar-refractivity contribution in [3.63, 3.8) is 0 Å². The maximum Gasteiger partial charge on any atom is 0.341 e. The Morgan fingerprint density at radius 2 is 1.21 bits per heavy atom. The number of hydrogen-bond acceptors (Lipinski definition) is 3. The maximum absolute atomic E-state index is 13.0. The van der Waals surface area contributed by atoms with Gasteiger partial charge >= 0.3 is 5.97 Å². The lowest BCUT2D eigenvalue weighted by Crippen LogP contribution is -2.50. The molecule has 0 aliphatic heterocycles. The van der Waals surface area contributed by atoms with Crippen LogP contribution in [-0.2, 0) is 9.63 Å². The van der Waals surface area contributed by atoms with Crippen LogP contribution in [0.3, 0.4) is 0 Å². The normalized spacial score (nSPS) is 53.5. The van der Waals surface area contributed by atoms with E-state index in [1.807, 2.05) is 0 Å². The second-order valence-corrected chi connectivity index (χ2v) is 10.4. The van der Waals surface area contributed by atoms with E-state index in [1.165, 1.54) is 57.1 Å². The number of nitrogens with zero attached hydrogens (tertiary/aromatic N) is 1. The fourth-order valence-corrected chi connectivity index (χ4v) is 8.37. The van der Waals surface area contributed by atoms with E-state index in [2.05, 4.69) is 5.16 Å². The number of carbonyl (C=O) groups is 1. The molecule has 0 aromatic heterocycles. The molecule has 8 rings (SSSR count). The Kier molecular flexibility index (Phi) is 2.90. The smallest absolute Gasteiger partial charge is 0.318 e. The summed E-state index contributed by atoms with van der Waals surface area (Å²) in [7, 11) is 0. The third-order valence-electron chi connectivity index (χ3n) is 8.68. The van der Waals surface area contributed by atoms with E-state index in [1.54, 1.807) is 0 Å². The van der Waals surface area contributed by atoms with Crippen LogP contribution in [0, 0.1) is 46.8 Å². The first-order chi connectivity index (χ1) is 11.7. The van der Waals surface area contributed by atoms with Gasteiger partial charge in [-0.25, -0.2) is 4.79 Å². The highest BCUT2D eigenvalue weighted by Crippen LogP contribution is 2.60. The number of rotatable bonds is 2. The van der Waals surface area contributed by atoms with Crippen LogP contribution in [0.25, 0.3) is 0 Å². The Labute approximate surface area is 144 Å². The molecule has 0 aromatic rings. The summed E-state index contributed by atoms with van der Waals surface area (Å²) in [5.74, 6) is 5.53. The van der Waals surface area contributed by atoms with Gasteiger partial charge in [0.1, 0.15) is 0 Å². The molecule has 0 atom stereocenters. The van der Waals surface area contributed by atoms with Crippen LogP contribution in [-0.4, -0.2) is 11.7 Å². The van der Waals surface area contributed by atoms with Gasteiger partial charge in [-0.2, -0.15) is 0 Å².